The van der Waals surface area contributed by atoms with Crippen molar-refractivity contribution < 1.29 is 38.6 Å². The molecule has 3 aromatic carbocycles. The van der Waals surface area contributed by atoms with Crippen LogP contribution in [0.1, 0.15) is 68.7 Å². The first-order valence-electron chi connectivity index (χ1n) is 16.7. The molecule has 0 radical (unpaired) electrons. The van der Waals surface area contributed by atoms with E-state index in [9.17, 15) is 29.1 Å². The minimum Gasteiger partial charge on any atom is -0.494 e. The number of ether oxygens (including phenoxy) is 2. The number of piperazine rings is 1. The van der Waals surface area contributed by atoms with Crippen molar-refractivity contribution in [2.75, 3.05) is 44.3 Å². The molecule has 0 aromatic heterocycles. The van der Waals surface area contributed by atoms with E-state index < -0.39 is 29.7 Å². The van der Waals surface area contributed by atoms with Crippen molar-refractivity contribution in [1.82, 2.24) is 15.1 Å². The van der Waals surface area contributed by atoms with E-state index in [1.165, 1.54) is 6.07 Å². The second-order valence-corrected chi connectivity index (χ2v) is 12.5. The summed E-state index contributed by atoms with van der Waals surface area (Å²) in [5.74, 6) is -2.05. The summed E-state index contributed by atoms with van der Waals surface area (Å²) in [7, 11) is 0. The van der Waals surface area contributed by atoms with Gasteiger partial charge in [0.25, 0.3) is 11.8 Å². The van der Waals surface area contributed by atoms with Crippen molar-refractivity contribution in [3.8, 4) is 5.75 Å². The molecule has 3 heterocycles. The summed E-state index contributed by atoms with van der Waals surface area (Å²) in [4.78, 5) is 67.7. The van der Waals surface area contributed by atoms with Gasteiger partial charge >= 0.3 is 5.97 Å². The lowest BCUT2D eigenvalue weighted by molar-refractivity contribution is -0.136. The van der Waals surface area contributed by atoms with Crippen LogP contribution in [0.2, 0.25) is 0 Å². The van der Waals surface area contributed by atoms with E-state index in [1.54, 1.807) is 24.3 Å². The van der Waals surface area contributed by atoms with Gasteiger partial charge in [0, 0.05) is 31.7 Å². The first-order valence-corrected chi connectivity index (χ1v) is 16.7. The summed E-state index contributed by atoms with van der Waals surface area (Å²) in [6.45, 7) is 3.84. The summed E-state index contributed by atoms with van der Waals surface area (Å²) in [6, 6.07) is 20.7. The maximum absolute atomic E-state index is 13.0. The SMILES string of the molecule is O=C1CCC(N2C(=O)c3ccc(OCCCCCN4CCN(c5ccc(C(=O)OCc6ccccc6)cc5)C[C@H]4CO)cc3C2=O)C(=O)N1. The number of piperidine rings is 1. The third kappa shape index (κ3) is 7.82. The third-order valence-electron chi connectivity index (χ3n) is 9.27. The Hall–Kier alpha value is -5.07. The molecule has 2 fully saturated rings. The van der Waals surface area contributed by atoms with E-state index in [1.807, 2.05) is 42.5 Å². The van der Waals surface area contributed by atoms with E-state index in [2.05, 4.69) is 15.1 Å². The van der Waals surface area contributed by atoms with E-state index in [4.69, 9.17) is 9.47 Å². The Morgan fingerprint density at radius 1 is 0.878 bits per heavy atom. The van der Waals surface area contributed by atoms with Crippen LogP contribution in [0.3, 0.4) is 0 Å². The lowest BCUT2D eigenvalue weighted by Gasteiger charge is -2.42. The van der Waals surface area contributed by atoms with Gasteiger partial charge in [0.15, 0.2) is 0 Å². The number of benzene rings is 3. The Balaban J connectivity index is 0.912. The molecule has 12 heteroatoms. The standard InChI is InChI=1S/C37H40N4O8/c42-23-28-22-40(27-11-9-26(10-12-27)37(47)49-24-25-7-3-1-4-8-25)19-18-39(28)17-5-2-6-20-48-29-13-14-30-31(21-29)36(46)41(35(30)45)32-15-16-33(43)38-34(32)44/h1,3-4,7-14,21,28,32,42H,2,5-6,15-20,22-24H2,(H,38,43,44)/t28-,32?/m0/s1. The fraction of sp³-hybridized carbons (Fsp3) is 0.378. The maximum Gasteiger partial charge on any atom is 0.338 e. The van der Waals surface area contributed by atoms with Crippen molar-refractivity contribution >= 4 is 35.3 Å². The van der Waals surface area contributed by atoms with Crippen molar-refractivity contribution in [2.45, 2.75) is 50.8 Å². The molecule has 0 spiro atoms. The second kappa shape index (κ2) is 15.4. The number of carbonyl (C=O) groups excluding carboxylic acids is 5. The summed E-state index contributed by atoms with van der Waals surface area (Å²) in [6.07, 6.45) is 2.80. The normalized spacial score (nSPS) is 19.5. The van der Waals surface area contributed by atoms with Gasteiger partial charge in [0.2, 0.25) is 11.8 Å². The quantitative estimate of drug-likeness (QED) is 0.158. The minimum absolute atomic E-state index is 0.00749. The number of rotatable bonds is 13. The van der Waals surface area contributed by atoms with Crippen LogP contribution in [-0.2, 0) is 20.9 Å². The van der Waals surface area contributed by atoms with Crippen molar-refractivity contribution in [1.29, 1.82) is 0 Å². The molecule has 256 valence electrons. The number of imide groups is 2. The van der Waals surface area contributed by atoms with Gasteiger partial charge in [-0.2, -0.15) is 0 Å². The zero-order chi connectivity index (χ0) is 34.3. The molecule has 0 saturated carbocycles. The van der Waals surface area contributed by atoms with Crippen LogP contribution in [0, 0.1) is 0 Å². The molecule has 3 aliphatic heterocycles. The summed E-state index contributed by atoms with van der Waals surface area (Å²) >= 11 is 0. The van der Waals surface area contributed by atoms with Crippen LogP contribution in [0.4, 0.5) is 5.69 Å². The number of fused-ring (bicyclic) bond motifs is 1. The number of esters is 1. The van der Waals surface area contributed by atoms with E-state index in [-0.39, 0.29) is 49.2 Å². The van der Waals surface area contributed by atoms with Gasteiger partial charge in [-0.1, -0.05) is 30.3 Å². The highest BCUT2D eigenvalue weighted by molar-refractivity contribution is 6.23. The van der Waals surface area contributed by atoms with E-state index in [0.29, 0.717) is 24.5 Å². The number of carbonyl (C=O) groups is 5. The Kier molecular flexibility index (Phi) is 10.7. The Labute approximate surface area is 284 Å². The predicted octanol–water partition coefficient (Wildman–Crippen LogP) is 3.18. The van der Waals surface area contributed by atoms with Crippen molar-refractivity contribution in [3.63, 3.8) is 0 Å². The van der Waals surface area contributed by atoms with E-state index in [0.717, 1.165) is 55.0 Å². The third-order valence-corrected chi connectivity index (χ3v) is 9.27. The number of aliphatic hydroxyl groups is 1. The van der Waals surface area contributed by atoms with Crippen LogP contribution in [0.25, 0.3) is 0 Å². The first-order chi connectivity index (χ1) is 23.8. The van der Waals surface area contributed by atoms with Crippen molar-refractivity contribution in [2.24, 2.45) is 0 Å². The molecule has 0 bridgehead atoms. The Bertz CT molecular complexity index is 1700. The van der Waals surface area contributed by atoms with Gasteiger partial charge in [0.1, 0.15) is 18.4 Å². The van der Waals surface area contributed by atoms with Crippen LogP contribution >= 0.6 is 0 Å². The molecule has 0 aliphatic carbocycles. The van der Waals surface area contributed by atoms with Gasteiger partial charge in [-0.25, -0.2) is 4.79 Å². The number of aliphatic hydroxyl groups excluding tert-OH is 1. The molecule has 3 aromatic rings. The van der Waals surface area contributed by atoms with E-state index >= 15 is 0 Å². The number of hydrogen-bond donors (Lipinski definition) is 2. The van der Waals surface area contributed by atoms with Crippen LogP contribution in [0.5, 0.6) is 5.75 Å². The molecule has 2 atom stereocenters. The highest BCUT2D eigenvalue weighted by Crippen LogP contribution is 2.30. The fourth-order valence-corrected chi connectivity index (χ4v) is 6.53. The lowest BCUT2D eigenvalue weighted by Crippen LogP contribution is -2.55. The molecule has 6 rings (SSSR count). The number of amides is 4. The molecule has 49 heavy (non-hydrogen) atoms. The summed E-state index contributed by atoms with van der Waals surface area (Å²) in [5.41, 5.74) is 2.84. The topological polar surface area (TPSA) is 146 Å². The number of nitrogens with one attached hydrogen (secondary N) is 1. The zero-order valence-electron chi connectivity index (χ0n) is 27.2. The molecule has 4 amide bonds. The number of unbranched alkanes of at least 4 members (excludes halogenated alkanes) is 2. The van der Waals surface area contributed by atoms with Gasteiger partial charge in [-0.3, -0.25) is 34.3 Å². The number of hydrogen-bond acceptors (Lipinski definition) is 10. The summed E-state index contributed by atoms with van der Waals surface area (Å²) in [5, 5.41) is 12.3. The average molecular weight is 669 g/mol. The fourth-order valence-electron chi connectivity index (χ4n) is 6.53. The van der Waals surface area contributed by atoms with Gasteiger partial charge in [-0.05, 0) is 80.3 Å². The average Bonchev–Trinajstić information content (AvgIpc) is 3.37. The highest BCUT2D eigenvalue weighted by atomic mass is 16.5. The molecular formula is C37H40N4O8. The van der Waals surface area contributed by atoms with Crippen LogP contribution < -0.4 is 15.0 Å². The molecular weight excluding hydrogens is 628 g/mol. The van der Waals surface area contributed by atoms with Gasteiger partial charge in [-0.15, -0.1) is 0 Å². The first kappa shape index (κ1) is 33.8. The Morgan fingerprint density at radius 3 is 2.41 bits per heavy atom. The lowest BCUT2D eigenvalue weighted by atomic mass is 10.0. The smallest absolute Gasteiger partial charge is 0.338 e. The molecule has 2 saturated heterocycles. The number of nitrogens with zero attached hydrogens (tertiary/aromatic N) is 3. The Morgan fingerprint density at radius 2 is 1.65 bits per heavy atom. The van der Waals surface area contributed by atoms with Crippen LogP contribution in [0.15, 0.2) is 72.8 Å². The highest BCUT2D eigenvalue weighted by Gasteiger charge is 2.44. The minimum atomic E-state index is -1.00. The zero-order valence-corrected chi connectivity index (χ0v) is 27.2. The number of anilines is 1. The summed E-state index contributed by atoms with van der Waals surface area (Å²) < 4.78 is 11.3. The monoisotopic (exact) mass is 668 g/mol. The predicted molar refractivity (Wildman–Crippen MR) is 179 cm³/mol. The molecule has 12 nitrogen and oxygen atoms in total. The maximum atomic E-state index is 13.0. The largest absolute Gasteiger partial charge is 0.494 e. The van der Waals surface area contributed by atoms with Gasteiger partial charge in [0.05, 0.1) is 35.9 Å². The molecule has 2 N–H and O–H groups in total. The molecule has 1 unspecified atom stereocenters. The van der Waals surface area contributed by atoms with Crippen LogP contribution in [-0.4, -0.2) is 96.0 Å². The molecule has 3 aliphatic rings. The van der Waals surface area contributed by atoms with Crippen molar-refractivity contribution in [3.05, 3.63) is 95.1 Å². The second-order valence-electron chi connectivity index (χ2n) is 12.5. The van der Waals surface area contributed by atoms with Gasteiger partial charge < -0.3 is 19.5 Å².